The lowest BCUT2D eigenvalue weighted by Crippen LogP contribution is -2.75. The van der Waals surface area contributed by atoms with E-state index in [2.05, 4.69) is 20.8 Å². The predicted octanol–water partition coefficient (Wildman–Crippen LogP) is 1.84. The number of hydrogen-bond acceptors (Lipinski definition) is 4. The van der Waals surface area contributed by atoms with Gasteiger partial charge in [0.05, 0.1) is 0 Å². The van der Waals surface area contributed by atoms with Crippen molar-refractivity contribution in [3.63, 3.8) is 0 Å². The molecule has 24 heavy (non-hydrogen) atoms. The first-order valence-corrected chi connectivity index (χ1v) is 9.03. The molecule has 2 fully saturated rings. The van der Waals surface area contributed by atoms with E-state index in [0.717, 1.165) is 6.42 Å². The van der Waals surface area contributed by atoms with Crippen LogP contribution in [0.4, 0.5) is 0 Å². The van der Waals surface area contributed by atoms with Crippen LogP contribution in [0.5, 0.6) is 0 Å². The van der Waals surface area contributed by atoms with Crippen molar-refractivity contribution in [2.75, 3.05) is 0 Å². The Labute approximate surface area is 143 Å². The summed E-state index contributed by atoms with van der Waals surface area (Å²) in [4.78, 5) is 12.9. The Morgan fingerprint density at radius 3 is 2.38 bits per heavy atom. The van der Waals surface area contributed by atoms with Crippen molar-refractivity contribution >= 4 is 5.78 Å². The molecule has 4 rings (SSSR count). The molecule has 4 aliphatic rings. The van der Waals surface area contributed by atoms with Gasteiger partial charge in [0.2, 0.25) is 0 Å². The van der Waals surface area contributed by atoms with Gasteiger partial charge in [-0.15, -0.1) is 0 Å². The maximum atomic E-state index is 12.9. The van der Waals surface area contributed by atoms with Crippen molar-refractivity contribution < 1.29 is 20.1 Å². The van der Waals surface area contributed by atoms with Crippen LogP contribution in [0, 0.1) is 35.0 Å². The number of carbonyl (C=O) groups excluding carboxylic acids is 1. The van der Waals surface area contributed by atoms with E-state index in [4.69, 9.17) is 0 Å². The van der Waals surface area contributed by atoms with E-state index in [1.807, 2.05) is 12.2 Å². The zero-order valence-electron chi connectivity index (χ0n) is 15.1. The Morgan fingerprint density at radius 2 is 1.75 bits per heavy atom. The SMILES string of the molecule is CC1=C[C@@H]2[C@H](C)C[C@@H]3[C@H]([C@@H]4C=C(C)[C@@H](O)[C@](O)(C1=O)[C@@]24O)C3(C)C. The average molecular weight is 332 g/mol. The molecule has 0 unspecified atom stereocenters. The summed E-state index contributed by atoms with van der Waals surface area (Å²) in [6.07, 6.45) is 3.38. The second kappa shape index (κ2) is 4.40. The lowest BCUT2D eigenvalue weighted by molar-refractivity contribution is -0.236. The van der Waals surface area contributed by atoms with Crippen LogP contribution in [-0.2, 0) is 4.79 Å². The summed E-state index contributed by atoms with van der Waals surface area (Å²) in [5, 5.41) is 34.0. The summed E-state index contributed by atoms with van der Waals surface area (Å²) < 4.78 is 0. The topological polar surface area (TPSA) is 77.8 Å². The first-order valence-electron chi connectivity index (χ1n) is 9.03. The molecule has 0 aromatic rings. The number of hydrogen-bond donors (Lipinski definition) is 3. The molecule has 8 atom stereocenters. The van der Waals surface area contributed by atoms with Gasteiger partial charge in [-0.2, -0.15) is 0 Å². The third-order valence-corrected chi connectivity index (χ3v) is 7.80. The number of carbonyl (C=O) groups is 1. The van der Waals surface area contributed by atoms with E-state index in [0.29, 0.717) is 17.1 Å². The fraction of sp³-hybridized carbons (Fsp3) is 0.750. The van der Waals surface area contributed by atoms with Gasteiger partial charge in [0, 0.05) is 11.8 Å². The highest BCUT2D eigenvalue weighted by molar-refractivity contribution is 6.04. The van der Waals surface area contributed by atoms with Crippen LogP contribution >= 0.6 is 0 Å². The van der Waals surface area contributed by atoms with Crippen molar-refractivity contribution in [2.24, 2.45) is 35.0 Å². The van der Waals surface area contributed by atoms with E-state index in [-0.39, 0.29) is 29.1 Å². The molecule has 4 heteroatoms. The number of ketones is 1. The summed E-state index contributed by atoms with van der Waals surface area (Å²) >= 11 is 0. The molecule has 2 saturated carbocycles. The number of rotatable bonds is 0. The summed E-state index contributed by atoms with van der Waals surface area (Å²) in [6, 6.07) is 0. The normalized spacial score (nSPS) is 54.9. The van der Waals surface area contributed by atoms with E-state index in [9.17, 15) is 20.1 Å². The Balaban J connectivity index is 2.01. The fourth-order valence-corrected chi connectivity index (χ4v) is 6.33. The maximum absolute atomic E-state index is 12.9. The smallest absolute Gasteiger partial charge is 0.195 e. The zero-order chi connectivity index (χ0) is 17.8. The van der Waals surface area contributed by atoms with Gasteiger partial charge in [0.1, 0.15) is 11.7 Å². The van der Waals surface area contributed by atoms with Gasteiger partial charge in [-0.25, -0.2) is 0 Å². The maximum Gasteiger partial charge on any atom is 0.195 e. The fourth-order valence-electron chi connectivity index (χ4n) is 6.33. The monoisotopic (exact) mass is 332 g/mol. The molecular formula is C20H28O4. The van der Waals surface area contributed by atoms with Crippen molar-refractivity contribution in [1.29, 1.82) is 0 Å². The largest absolute Gasteiger partial charge is 0.385 e. The molecule has 0 aromatic carbocycles. The Bertz CT molecular complexity index is 690. The first kappa shape index (κ1) is 16.5. The molecule has 0 spiro atoms. The quantitative estimate of drug-likeness (QED) is 0.592. The highest BCUT2D eigenvalue weighted by Gasteiger charge is 2.76. The number of aliphatic hydroxyl groups is 3. The Kier molecular flexibility index (Phi) is 3.03. The van der Waals surface area contributed by atoms with Crippen LogP contribution in [0.25, 0.3) is 0 Å². The lowest BCUT2D eigenvalue weighted by Gasteiger charge is -2.57. The Morgan fingerprint density at radius 1 is 1.12 bits per heavy atom. The lowest BCUT2D eigenvalue weighted by atomic mass is 9.52. The van der Waals surface area contributed by atoms with Crippen LogP contribution in [0.2, 0.25) is 0 Å². The highest BCUT2D eigenvalue weighted by atomic mass is 16.4. The van der Waals surface area contributed by atoms with Crippen molar-refractivity contribution in [3.05, 3.63) is 23.3 Å². The number of aliphatic hydroxyl groups excluding tert-OH is 1. The van der Waals surface area contributed by atoms with E-state index >= 15 is 0 Å². The summed E-state index contributed by atoms with van der Waals surface area (Å²) in [6.45, 7) is 9.93. The molecule has 0 radical (unpaired) electrons. The minimum atomic E-state index is -2.15. The minimum absolute atomic E-state index is 0.0822. The summed E-state index contributed by atoms with van der Waals surface area (Å²) in [5.74, 6) is -0.330. The molecule has 0 saturated heterocycles. The molecule has 4 aliphatic carbocycles. The van der Waals surface area contributed by atoms with Crippen molar-refractivity contribution in [2.45, 2.75) is 58.3 Å². The molecule has 4 nitrogen and oxygen atoms in total. The van der Waals surface area contributed by atoms with Gasteiger partial charge in [0.15, 0.2) is 11.4 Å². The molecular weight excluding hydrogens is 304 g/mol. The molecule has 132 valence electrons. The number of fused-ring (bicyclic) bond motifs is 2. The molecule has 0 aromatic heterocycles. The van der Waals surface area contributed by atoms with Crippen LogP contribution in [0.3, 0.4) is 0 Å². The van der Waals surface area contributed by atoms with E-state index < -0.39 is 23.1 Å². The van der Waals surface area contributed by atoms with Gasteiger partial charge in [-0.05, 0) is 54.6 Å². The second-order valence-electron chi connectivity index (χ2n) is 9.30. The van der Waals surface area contributed by atoms with Gasteiger partial charge >= 0.3 is 0 Å². The van der Waals surface area contributed by atoms with Crippen molar-refractivity contribution in [3.8, 4) is 0 Å². The second-order valence-corrected chi connectivity index (χ2v) is 9.30. The van der Waals surface area contributed by atoms with Crippen molar-refractivity contribution in [1.82, 2.24) is 0 Å². The standard InChI is InChI=1S/C20H28O4/c1-9-6-13-15(18(13,4)5)14-8-11(3)17(22)20(24)16(21)10(2)7-12(9)19(14,20)23/h7-9,12-15,17,22-24H,6H2,1-5H3/t9-,12-,13-,14+,15-,17-,19-,20-/m1/s1. The third kappa shape index (κ3) is 1.54. The van der Waals surface area contributed by atoms with Crippen LogP contribution in [-0.4, -0.2) is 38.4 Å². The van der Waals surface area contributed by atoms with Gasteiger partial charge in [-0.1, -0.05) is 32.9 Å². The van der Waals surface area contributed by atoms with E-state index in [1.54, 1.807) is 13.8 Å². The highest BCUT2D eigenvalue weighted by Crippen LogP contribution is 2.72. The number of Topliss-reactive ketones (excluding diaryl/α,β-unsaturated/α-hetero) is 1. The summed E-state index contributed by atoms with van der Waals surface area (Å²) in [7, 11) is 0. The minimum Gasteiger partial charge on any atom is -0.385 e. The van der Waals surface area contributed by atoms with Gasteiger partial charge in [0.25, 0.3) is 0 Å². The van der Waals surface area contributed by atoms with Gasteiger partial charge in [-0.3, -0.25) is 4.79 Å². The summed E-state index contributed by atoms with van der Waals surface area (Å²) in [5.41, 5.74) is -2.68. The molecule has 3 N–H and O–H groups in total. The molecule has 0 amide bonds. The van der Waals surface area contributed by atoms with Crippen LogP contribution < -0.4 is 0 Å². The average Bonchev–Trinajstić information content (AvgIpc) is 3.06. The van der Waals surface area contributed by atoms with Gasteiger partial charge < -0.3 is 15.3 Å². The first-order chi connectivity index (χ1) is 11.0. The molecule has 0 bridgehead atoms. The molecule has 0 heterocycles. The Hall–Kier alpha value is -0.970. The zero-order valence-corrected chi connectivity index (χ0v) is 15.1. The third-order valence-electron chi connectivity index (χ3n) is 7.80. The van der Waals surface area contributed by atoms with E-state index in [1.165, 1.54) is 0 Å². The molecule has 0 aliphatic heterocycles. The van der Waals surface area contributed by atoms with Crippen LogP contribution in [0.1, 0.15) is 41.0 Å². The van der Waals surface area contributed by atoms with Crippen LogP contribution in [0.15, 0.2) is 23.3 Å². The predicted molar refractivity (Wildman–Crippen MR) is 89.9 cm³/mol.